The van der Waals surface area contributed by atoms with Gasteiger partial charge in [0.2, 0.25) is 0 Å². The Morgan fingerprint density at radius 3 is 2.65 bits per heavy atom. The molecule has 0 aromatic heterocycles. The van der Waals surface area contributed by atoms with Crippen molar-refractivity contribution in [2.75, 3.05) is 6.61 Å². The topological polar surface area (TPSA) is 40.5 Å². The lowest BCUT2D eigenvalue weighted by Gasteiger charge is -2.52. The smallest absolute Gasteiger partial charge is 0.129 e. The van der Waals surface area contributed by atoms with E-state index < -0.39 is 6.61 Å². The fraction of sp³-hybridized carbons (Fsp3) is 0.739. The summed E-state index contributed by atoms with van der Waals surface area (Å²) in [7, 11) is 0. The lowest BCUT2D eigenvalue weighted by molar-refractivity contribution is 0.0279. The molecule has 2 N–H and O–H groups in total. The zero-order valence-electron chi connectivity index (χ0n) is 15.8. The van der Waals surface area contributed by atoms with Crippen LogP contribution in [0.4, 0.5) is 4.39 Å². The van der Waals surface area contributed by atoms with Crippen LogP contribution < -0.4 is 0 Å². The van der Waals surface area contributed by atoms with Gasteiger partial charge in [-0.3, -0.25) is 0 Å². The number of hydrogen-bond donors (Lipinski definition) is 2. The molecular formula is C23H37FO2. The predicted octanol–water partition coefficient (Wildman–Crippen LogP) is 5.57. The molecule has 0 bridgehead atoms. The largest absolute Gasteiger partial charge is 0.393 e. The van der Waals surface area contributed by atoms with Gasteiger partial charge in [-0.05, 0) is 67.8 Å². The number of hydrogen-bond acceptors (Lipinski definition) is 2. The van der Waals surface area contributed by atoms with Gasteiger partial charge >= 0.3 is 0 Å². The fourth-order valence-corrected chi connectivity index (χ4v) is 6.05. The molecule has 0 aromatic carbocycles. The Morgan fingerprint density at radius 1 is 1.23 bits per heavy atom. The van der Waals surface area contributed by atoms with Crippen LogP contribution in [0, 0.1) is 29.1 Å². The van der Waals surface area contributed by atoms with E-state index in [1.165, 1.54) is 5.57 Å². The van der Waals surface area contributed by atoms with E-state index in [1.54, 1.807) is 0 Å². The maximum Gasteiger partial charge on any atom is 0.129 e. The molecule has 0 radical (unpaired) electrons. The van der Waals surface area contributed by atoms with Gasteiger partial charge in [-0.2, -0.15) is 0 Å². The average Bonchev–Trinajstić information content (AvgIpc) is 2.99. The van der Waals surface area contributed by atoms with E-state index in [0.29, 0.717) is 23.7 Å². The van der Waals surface area contributed by atoms with Crippen LogP contribution >= 0.6 is 0 Å². The van der Waals surface area contributed by atoms with Crippen LogP contribution in [-0.4, -0.2) is 22.9 Å². The van der Waals surface area contributed by atoms with E-state index >= 15 is 0 Å². The lowest BCUT2D eigenvalue weighted by Crippen LogP contribution is -2.45. The molecule has 0 aliphatic heterocycles. The van der Waals surface area contributed by atoms with Crippen LogP contribution in [0.1, 0.15) is 66.7 Å². The summed E-state index contributed by atoms with van der Waals surface area (Å²) >= 11 is 0. The van der Waals surface area contributed by atoms with Crippen LogP contribution in [0.3, 0.4) is 0 Å². The van der Waals surface area contributed by atoms with Gasteiger partial charge in [0.25, 0.3) is 0 Å². The van der Waals surface area contributed by atoms with E-state index in [-0.39, 0.29) is 24.8 Å². The number of fused-ring (bicyclic) bond motifs is 5. The minimum atomic E-state index is -0.485. The predicted molar refractivity (Wildman–Crippen MR) is 106 cm³/mol. The molecule has 4 aliphatic rings. The quantitative estimate of drug-likeness (QED) is 0.597. The molecule has 2 nitrogen and oxygen atoms in total. The van der Waals surface area contributed by atoms with Gasteiger partial charge in [-0.15, -0.1) is 0 Å². The summed E-state index contributed by atoms with van der Waals surface area (Å²) in [5, 5.41) is 19.1. The highest BCUT2D eigenvalue weighted by Gasteiger charge is 2.52. The molecule has 0 aromatic rings. The molecule has 3 heteroatoms. The summed E-state index contributed by atoms with van der Waals surface area (Å²) in [6, 6.07) is 0. The van der Waals surface area contributed by atoms with Crippen LogP contribution in [0.5, 0.6) is 0 Å². The van der Waals surface area contributed by atoms with Crippen molar-refractivity contribution in [1.29, 1.82) is 0 Å². The van der Waals surface area contributed by atoms with E-state index in [2.05, 4.69) is 19.1 Å². The summed E-state index contributed by atoms with van der Waals surface area (Å²) in [6.07, 6.45) is 12.4. The van der Waals surface area contributed by atoms with Crippen molar-refractivity contribution < 1.29 is 14.6 Å². The van der Waals surface area contributed by atoms with Crippen LogP contribution in [0.2, 0.25) is 0 Å². The number of aliphatic hydroxyl groups excluding tert-OH is 2. The second-order valence-electron chi connectivity index (χ2n) is 8.20. The second kappa shape index (κ2) is 8.39. The molecular weight excluding hydrogens is 327 g/mol. The fourth-order valence-electron chi connectivity index (χ4n) is 6.05. The number of aliphatic hydroxyl groups is 2. The highest BCUT2D eigenvalue weighted by Crippen LogP contribution is 2.61. The lowest BCUT2D eigenvalue weighted by atomic mass is 9.52. The highest BCUT2D eigenvalue weighted by molar-refractivity contribution is 5.40. The Bertz CT molecular complexity index is 591. The van der Waals surface area contributed by atoms with Crippen LogP contribution in [0.15, 0.2) is 35.2 Å². The van der Waals surface area contributed by atoms with Gasteiger partial charge in [0.05, 0.1) is 12.7 Å². The molecule has 26 heavy (non-hydrogen) atoms. The van der Waals surface area contributed by atoms with Gasteiger partial charge < -0.3 is 10.2 Å². The Balaban J connectivity index is 0.000000784. The van der Waals surface area contributed by atoms with E-state index in [9.17, 15) is 14.6 Å². The third-order valence-electron chi connectivity index (χ3n) is 7.19. The highest BCUT2D eigenvalue weighted by atomic mass is 19.1. The minimum absolute atomic E-state index is 0. The van der Waals surface area contributed by atoms with Gasteiger partial charge in [-0.1, -0.05) is 52.0 Å². The normalized spacial score (nSPS) is 42.2. The summed E-state index contributed by atoms with van der Waals surface area (Å²) in [5.74, 6) is 1.93. The third kappa shape index (κ3) is 3.33. The summed E-state index contributed by atoms with van der Waals surface area (Å²) in [4.78, 5) is 0. The average molecular weight is 365 g/mol. The van der Waals surface area contributed by atoms with Crippen molar-refractivity contribution in [1.82, 2.24) is 0 Å². The van der Waals surface area contributed by atoms with Crippen LogP contribution in [0.25, 0.3) is 0 Å². The first-order chi connectivity index (χ1) is 12.0. The molecule has 2 fully saturated rings. The van der Waals surface area contributed by atoms with Gasteiger partial charge in [0.1, 0.15) is 5.83 Å². The number of allylic oxidation sites excluding steroid dienone is 4. The molecule has 148 valence electrons. The van der Waals surface area contributed by atoms with E-state index in [0.717, 1.165) is 44.1 Å². The van der Waals surface area contributed by atoms with Crippen molar-refractivity contribution >= 4 is 0 Å². The molecule has 6 atom stereocenters. The molecule has 0 spiro atoms. The summed E-state index contributed by atoms with van der Waals surface area (Å²) in [5.41, 5.74) is 2.07. The Labute approximate surface area is 158 Å². The molecule has 5 unspecified atom stereocenters. The third-order valence-corrected chi connectivity index (χ3v) is 7.19. The first kappa shape index (κ1) is 21.4. The van der Waals surface area contributed by atoms with Crippen molar-refractivity contribution in [2.24, 2.45) is 29.1 Å². The van der Waals surface area contributed by atoms with Crippen molar-refractivity contribution in [2.45, 2.75) is 72.8 Å². The maximum absolute atomic E-state index is 14.1. The zero-order valence-corrected chi connectivity index (χ0v) is 15.8. The standard InChI is InChI=1S/C20H27FO2.C2H6.CH4/c1-20-9-8-15-14-5-3-13(23)10-12(14)2-4-16(15)17(20)6-7-18(20)19(21)11-22;1-2;/h2,6-7,13-17,22-23H,3-5,8-11H2,1H3;1-2H3;1H4/b19-18-;;/t13?,14?,15?,16?,17?,20-;;/m0../s1. The first-order valence-corrected chi connectivity index (χ1v) is 10.1. The first-order valence-electron chi connectivity index (χ1n) is 10.1. The zero-order chi connectivity index (χ0) is 18.2. The van der Waals surface area contributed by atoms with Gasteiger partial charge in [0, 0.05) is 5.41 Å². The minimum Gasteiger partial charge on any atom is -0.393 e. The van der Waals surface area contributed by atoms with E-state index in [4.69, 9.17) is 0 Å². The number of halogens is 1. The van der Waals surface area contributed by atoms with Crippen molar-refractivity contribution in [3.05, 3.63) is 35.2 Å². The molecule has 0 heterocycles. The van der Waals surface area contributed by atoms with Gasteiger partial charge in [0.15, 0.2) is 0 Å². The summed E-state index contributed by atoms with van der Waals surface area (Å²) in [6.45, 7) is 5.70. The monoisotopic (exact) mass is 364 g/mol. The Kier molecular flexibility index (Phi) is 6.90. The number of rotatable bonds is 1. The van der Waals surface area contributed by atoms with Crippen LogP contribution in [-0.2, 0) is 0 Å². The molecule has 4 rings (SSSR count). The summed E-state index contributed by atoms with van der Waals surface area (Å²) < 4.78 is 14.1. The molecule has 2 saturated carbocycles. The Hall–Kier alpha value is -0.930. The Morgan fingerprint density at radius 2 is 1.96 bits per heavy atom. The molecule has 0 amide bonds. The maximum atomic E-state index is 14.1. The van der Waals surface area contributed by atoms with E-state index in [1.807, 2.05) is 19.9 Å². The van der Waals surface area contributed by atoms with Gasteiger partial charge in [-0.25, -0.2) is 4.39 Å². The second-order valence-corrected chi connectivity index (χ2v) is 8.20. The van der Waals surface area contributed by atoms with Crippen molar-refractivity contribution in [3.63, 3.8) is 0 Å². The molecule has 0 saturated heterocycles. The SMILES string of the molecule is C.CC.C[C@]12CCC3C4CCC(O)CC4=CCC3C1C=C/C2=C(/F)CO. The van der Waals surface area contributed by atoms with Crippen molar-refractivity contribution in [3.8, 4) is 0 Å². The molecule has 4 aliphatic carbocycles.